The van der Waals surface area contributed by atoms with Crippen molar-refractivity contribution in [1.29, 1.82) is 0 Å². The molecule has 3 rings (SSSR count). The molecule has 0 radical (unpaired) electrons. The van der Waals surface area contributed by atoms with Crippen molar-refractivity contribution in [1.82, 2.24) is 5.32 Å². The number of hydrogen-bond acceptors (Lipinski definition) is 4. The van der Waals surface area contributed by atoms with Crippen LogP contribution in [0.2, 0.25) is 0 Å². The third kappa shape index (κ3) is 3.19. The Morgan fingerprint density at radius 3 is 2.30 bits per heavy atom. The van der Waals surface area contributed by atoms with Gasteiger partial charge in [-0.25, -0.2) is 8.78 Å². The Labute approximate surface area is 156 Å². The number of nitrogens with one attached hydrogen (secondary N) is 1. The van der Waals surface area contributed by atoms with Crippen LogP contribution in [0.15, 0.2) is 23.3 Å². The number of carbonyl (C=O) groups excluding carboxylic acids is 2. The van der Waals surface area contributed by atoms with Gasteiger partial charge in [-0.05, 0) is 38.7 Å². The molecule has 1 aromatic carbocycles. The van der Waals surface area contributed by atoms with Gasteiger partial charge in [-0.3, -0.25) is 9.59 Å². The fraction of sp³-hybridized carbons (Fsp3) is 0.500. The van der Waals surface area contributed by atoms with Gasteiger partial charge >= 0.3 is 5.97 Å². The van der Waals surface area contributed by atoms with Crippen molar-refractivity contribution in [2.24, 2.45) is 17.8 Å². The molecule has 7 heteroatoms. The number of benzene rings is 1. The van der Waals surface area contributed by atoms with Gasteiger partial charge in [-0.2, -0.15) is 0 Å². The molecular formula is C20H23F2NO4. The van der Waals surface area contributed by atoms with Crippen LogP contribution in [0.4, 0.5) is 8.78 Å². The summed E-state index contributed by atoms with van der Waals surface area (Å²) in [6, 6.07) is 1.20. The van der Waals surface area contributed by atoms with Gasteiger partial charge in [0.05, 0.1) is 25.7 Å². The second-order valence-electron chi connectivity index (χ2n) is 7.26. The van der Waals surface area contributed by atoms with Gasteiger partial charge in [-0.1, -0.05) is 11.1 Å². The highest BCUT2D eigenvalue weighted by Crippen LogP contribution is 2.54. The van der Waals surface area contributed by atoms with Crippen molar-refractivity contribution in [2.75, 3.05) is 14.2 Å². The summed E-state index contributed by atoms with van der Waals surface area (Å²) in [4.78, 5) is 25.2. The first-order valence-corrected chi connectivity index (χ1v) is 8.89. The van der Waals surface area contributed by atoms with Crippen LogP contribution < -0.4 is 10.1 Å². The second-order valence-corrected chi connectivity index (χ2v) is 7.26. The topological polar surface area (TPSA) is 64.6 Å². The number of amides is 1. The lowest BCUT2D eigenvalue weighted by Gasteiger charge is -2.29. The summed E-state index contributed by atoms with van der Waals surface area (Å²) in [5, 5.41) is 2.86. The molecular weight excluding hydrogens is 356 g/mol. The summed E-state index contributed by atoms with van der Waals surface area (Å²) in [5.41, 5.74) is 2.22. The number of fused-ring (bicyclic) bond motifs is 2. The molecule has 4 atom stereocenters. The molecule has 0 spiro atoms. The van der Waals surface area contributed by atoms with Crippen molar-refractivity contribution in [3.8, 4) is 5.75 Å². The second kappa shape index (κ2) is 7.29. The highest BCUT2D eigenvalue weighted by molar-refractivity contribution is 5.97. The van der Waals surface area contributed by atoms with Crippen molar-refractivity contribution in [3.05, 3.63) is 40.5 Å². The van der Waals surface area contributed by atoms with Gasteiger partial charge in [0.25, 0.3) is 5.91 Å². The summed E-state index contributed by atoms with van der Waals surface area (Å²) in [6.07, 6.45) is 1.73. The Kier molecular flexibility index (Phi) is 5.22. The summed E-state index contributed by atoms with van der Waals surface area (Å²) < 4.78 is 37.1. The summed E-state index contributed by atoms with van der Waals surface area (Å²) in [7, 11) is 2.60. The zero-order valence-corrected chi connectivity index (χ0v) is 15.8. The highest BCUT2D eigenvalue weighted by Gasteiger charge is 2.55. The molecule has 146 valence electrons. The zero-order chi connectivity index (χ0) is 19.9. The minimum Gasteiger partial charge on any atom is -0.496 e. The quantitative estimate of drug-likeness (QED) is 0.644. The Morgan fingerprint density at radius 1 is 1.07 bits per heavy atom. The summed E-state index contributed by atoms with van der Waals surface area (Å²) in [6.45, 7) is 4.00. The fourth-order valence-electron chi connectivity index (χ4n) is 4.67. The lowest BCUT2D eigenvalue weighted by molar-refractivity contribution is -0.147. The molecule has 2 unspecified atom stereocenters. The first-order valence-electron chi connectivity index (χ1n) is 8.89. The van der Waals surface area contributed by atoms with Crippen molar-refractivity contribution >= 4 is 11.9 Å². The molecule has 2 aliphatic rings. The van der Waals surface area contributed by atoms with Crippen LogP contribution in [0.1, 0.15) is 37.0 Å². The van der Waals surface area contributed by atoms with Crippen LogP contribution in [0.5, 0.6) is 5.75 Å². The van der Waals surface area contributed by atoms with E-state index in [0.29, 0.717) is 0 Å². The molecule has 0 heterocycles. The third-order valence-corrected chi connectivity index (χ3v) is 5.68. The average Bonchev–Trinajstić information content (AvgIpc) is 3.19. The van der Waals surface area contributed by atoms with Crippen molar-refractivity contribution in [2.45, 2.75) is 32.7 Å². The van der Waals surface area contributed by atoms with Crippen LogP contribution in [0.25, 0.3) is 0 Å². The molecule has 27 heavy (non-hydrogen) atoms. The van der Waals surface area contributed by atoms with Crippen LogP contribution in [0.3, 0.4) is 0 Å². The minimum absolute atomic E-state index is 0.0318. The Hall–Kier alpha value is -2.44. The zero-order valence-electron chi connectivity index (χ0n) is 15.8. The maximum atomic E-state index is 13.7. The van der Waals surface area contributed by atoms with E-state index >= 15 is 0 Å². The number of methoxy groups -OCH3 is 2. The standard InChI is InChI=1S/C20H23F2NO4/c1-9(2)16-10-5-6-11(16)18(17(10)20(25)27-4)23-19(24)12-7-13(21)14(22)8-15(12)26-3/h7-8,10-11,17-18H,5-6H2,1-4H3,(H,23,24)/t10?,11?,17-,18+/m0/s1. The van der Waals surface area contributed by atoms with E-state index in [1.165, 1.54) is 19.8 Å². The average molecular weight is 379 g/mol. The lowest BCUT2D eigenvalue weighted by Crippen LogP contribution is -2.47. The van der Waals surface area contributed by atoms with Crippen LogP contribution in [-0.2, 0) is 9.53 Å². The summed E-state index contributed by atoms with van der Waals surface area (Å²) in [5.74, 6) is -3.70. The maximum absolute atomic E-state index is 13.7. The molecule has 1 amide bonds. The molecule has 5 nitrogen and oxygen atoms in total. The fourth-order valence-corrected chi connectivity index (χ4v) is 4.67. The largest absolute Gasteiger partial charge is 0.496 e. The third-order valence-electron chi connectivity index (χ3n) is 5.68. The SMILES string of the molecule is COC(=O)[C@H]1C2CCC(C2=C(C)C)[C@H]1NC(=O)c1cc(F)c(F)cc1OC. The highest BCUT2D eigenvalue weighted by atomic mass is 19.2. The van der Waals surface area contributed by atoms with Gasteiger partial charge in [0.2, 0.25) is 0 Å². The monoisotopic (exact) mass is 379 g/mol. The van der Waals surface area contributed by atoms with E-state index in [2.05, 4.69) is 5.32 Å². The molecule has 0 aromatic heterocycles. The first kappa shape index (κ1) is 19.3. The van der Waals surface area contributed by atoms with Gasteiger partial charge in [0.1, 0.15) is 5.75 Å². The smallest absolute Gasteiger partial charge is 0.311 e. The molecule has 2 fully saturated rings. The van der Waals surface area contributed by atoms with Gasteiger partial charge in [0.15, 0.2) is 11.6 Å². The Balaban J connectivity index is 1.94. The minimum atomic E-state index is -1.14. The number of esters is 1. The van der Waals surface area contributed by atoms with Crippen molar-refractivity contribution in [3.63, 3.8) is 0 Å². The molecule has 2 saturated carbocycles. The van der Waals surface area contributed by atoms with E-state index in [1.54, 1.807) is 0 Å². The Morgan fingerprint density at radius 2 is 1.70 bits per heavy atom. The van der Waals surface area contributed by atoms with Crippen molar-refractivity contribution < 1.29 is 27.8 Å². The van der Waals surface area contributed by atoms with Crippen LogP contribution in [-0.4, -0.2) is 32.1 Å². The van der Waals surface area contributed by atoms with Gasteiger partial charge in [-0.15, -0.1) is 0 Å². The van der Waals surface area contributed by atoms with E-state index < -0.39 is 29.5 Å². The van der Waals surface area contributed by atoms with E-state index in [4.69, 9.17) is 9.47 Å². The number of hydrogen-bond donors (Lipinski definition) is 1. The normalized spacial score (nSPS) is 26.1. The van der Waals surface area contributed by atoms with Gasteiger partial charge in [0, 0.05) is 18.0 Å². The number of ether oxygens (including phenoxy) is 2. The summed E-state index contributed by atoms with van der Waals surface area (Å²) >= 11 is 0. The maximum Gasteiger partial charge on any atom is 0.311 e. The predicted octanol–water partition coefficient (Wildman–Crippen LogP) is 3.24. The van der Waals surface area contributed by atoms with E-state index in [1.807, 2.05) is 13.8 Å². The lowest BCUT2D eigenvalue weighted by atomic mass is 9.84. The molecule has 1 aromatic rings. The van der Waals surface area contributed by atoms with Gasteiger partial charge < -0.3 is 14.8 Å². The van der Waals surface area contributed by atoms with E-state index in [0.717, 1.165) is 30.5 Å². The number of carbonyl (C=O) groups is 2. The molecule has 1 N–H and O–H groups in total. The number of allylic oxidation sites excluding steroid dienone is 1. The first-order chi connectivity index (χ1) is 12.8. The van der Waals surface area contributed by atoms with Crippen LogP contribution in [0, 0.1) is 29.4 Å². The van der Waals surface area contributed by atoms with E-state index in [9.17, 15) is 18.4 Å². The molecule has 0 aliphatic heterocycles. The van der Waals surface area contributed by atoms with Crippen LogP contribution >= 0.6 is 0 Å². The van der Waals surface area contributed by atoms with E-state index in [-0.39, 0.29) is 29.1 Å². The predicted molar refractivity (Wildman–Crippen MR) is 94.3 cm³/mol. The molecule has 0 saturated heterocycles. The number of halogens is 2. The molecule has 2 bridgehead atoms. The Bertz CT molecular complexity index is 816. The molecule has 2 aliphatic carbocycles. The number of rotatable bonds is 4.